The molecule has 0 amide bonds. The number of aliphatic hydroxyl groups is 1. The van der Waals surface area contributed by atoms with Gasteiger partial charge in [0, 0.05) is 24.9 Å². The molecule has 3 nitrogen and oxygen atoms in total. The molecule has 0 spiro atoms. The van der Waals surface area contributed by atoms with Crippen molar-refractivity contribution in [3.05, 3.63) is 65.2 Å². The molecule has 0 atom stereocenters. The molecule has 0 fully saturated rings. The van der Waals surface area contributed by atoms with Gasteiger partial charge in [0.25, 0.3) is 0 Å². The van der Waals surface area contributed by atoms with Crippen molar-refractivity contribution in [1.82, 2.24) is 0 Å². The monoisotopic (exact) mass is 257 g/mol. The molecule has 2 rings (SSSR count). The highest BCUT2D eigenvalue weighted by Gasteiger charge is 2.00. The van der Waals surface area contributed by atoms with Gasteiger partial charge in [-0.25, -0.2) is 0 Å². The lowest BCUT2D eigenvalue weighted by Crippen LogP contribution is -2.03. The molecule has 3 heteroatoms. The third kappa shape index (κ3) is 3.81. The van der Waals surface area contributed by atoms with E-state index < -0.39 is 0 Å². The van der Waals surface area contributed by atoms with Crippen molar-refractivity contribution in [2.45, 2.75) is 19.8 Å². The van der Waals surface area contributed by atoms with Crippen LogP contribution in [-0.2, 0) is 24.5 Å². The van der Waals surface area contributed by atoms with Crippen molar-refractivity contribution >= 4 is 5.69 Å². The first-order valence-corrected chi connectivity index (χ1v) is 6.33. The fourth-order valence-electron chi connectivity index (χ4n) is 2.02. The van der Waals surface area contributed by atoms with Gasteiger partial charge in [-0.05, 0) is 17.2 Å². The van der Waals surface area contributed by atoms with Crippen LogP contribution in [-0.4, -0.2) is 12.2 Å². The summed E-state index contributed by atoms with van der Waals surface area (Å²) in [5, 5.41) is 12.6. The van der Waals surface area contributed by atoms with Crippen LogP contribution in [0.5, 0.6) is 0 Å². The maximum Gasteiger partial charge on any atom is 0.0713 e. The van der Waals surface area contributed by atoms with Crippen LogP contribution in [0, 0.1) is 0 Å². The Bertz CT molecular complexity index is 526. The number of rotatable bonds is 6. The van der Waals surface area contributed by atoms with Crippen LogP contribution in [0.1, 0.15) is 16.7 Å². The zero-order valence-corrected chi connectivity index (χ0v) is 11.1. The summed E-state index contributed by atoms with van der Waals surface area (Å²) in [5.41, 5.74) is 4.25. The van der Waals surface area contributed by atoms with Crippen LogP contribution in [0.2, 0.25) is 0 Å². The maximum absolute atomic E-state index is 9.27. The molecule has 0 unspecified atom stereocenters. The van der Waals surface area contributed by atoms with Crippen molar-refractivity contribution in [2.24, 2.45) is 0 Å². The van der Waals surface area contributed by atoms with Crippen molar-refractivity contribution in [1.29, 1.82) is 0 Å². The summed E-state index contributed by atoms with van der Waals surface area (Å²) in [6.45, 7) is 1.41. The summed E-state index contributed by atoms with van der Waals surface area (Å²) in [7, 11) is 1.70. The van der Waals surface area contributed by atoms with Gasteiger partial charge < -0.3 is 15.2 Å². The van der Waals surface area contributed by atoms with Crippen LogP contribution >= 0.6 is 0 Å². The highest BCUT2D eigenvalue weighted by atomic mass is 16.5. The Balaban J connectivity index is 2.03. The average Bonchev–Trinajstić information content (AvgIpc) is 2.46. The van der Waals surface area contributed by atoms with Crippen LogP contribution in [0.15, 0.2) is 48.5 Å². The third-order valence-corrected chi connectivity index (χ3v) is 2.97. The second-order valence-electron chi connectivity index (χ2n) is 4.42. The van der Waals surface area contributed by atoms with E-state index >= 15 is 0 Å². The maximum atomic E-state index is 9.27. The Labute approximate surface area is 113 Å². The first-order chi connectivity index (χ1) is 9.33. The van der Waals surface area contributed by atoms with Crippen LogP contribution in [0.3, 0.4) is 0 Å². The molecule has 19 heavy (non-hydrogen) atoms. The molecular weight excluding hydrogens is 238 g/mol. The van der Waals surface area contributed by atoms with Gasteiger partial charge in [-0.15, -0.1) is 0 Å². The first-order valence-electron chi connectivity index (χ1n) is 6.33. The zero-order valence-electron chi connectivity index (χ0n) is 11.1. The second-order valence-corrected chi connectivity index (χ2v) is 4.42. The van der Waals surface area contributed by atoms with E-state index in [0.29, 0.717) is 6.61 Å². The minimum absolute atomic E-state index is 0.0485. The molecule has 0 aliphatic heterocycles. The molecular formula is C16H19NO2. The fourth-order valence-corrected chi connectivity index (χ4v) is 2.02. The van der Waals surface area contributed by atoms with E-state index in [2.05, 4.69) is 23.5 Å². The van der Waals surface area contributed by atoms with E-state index in [4.69, 9.17) is 4.74 Å². The van der Waals surface area contributed by atoms with E-state index in [1.165, 1.54) is 5.56 Å². The second kappa shape index (κ2) is 6.92. The number of aliphatic hydroxyl groups excluding tert-OH is 1. The largest absolute Gasteiger partial charge is 0.392 e. The third-order valence-electron chi connectivity index (χ3n) is 2.97. The molecule has 0 aromatic heterocycles. The molecule has 2 aromatic rings. The summed E-state index contributed by atoms with van der Waals surface area (Å²) < 4.78 is 5.13. The number of benzene rings is 2. The molecule has 0 radical (unpaired) electrons. The molecule has 100 valence electrons. The zero-order chi connectivity index (χ0) is 13.5. The Morgan fingerprint density at radius 3 is 2.63 bits per heavy atom. The molecule has 0 bridgehead atoms. The predicted octanol–water partition coefficient (Wildman–Crippen LogP) is 2.94. The van der Waals surface area contributed by atoms with Gasteiger partial charge in [-0.3, -0.25) is 0 Å². The van der Waals surface area contributed by atoms with Gasteiger partial charge in [0.1, 0.15) is 0 Å². The van der Waals surface area contributed by atoms with Gasteiger partial charge in [-0.1, -0.05) is 42.5 Å². The van der Waals surface area contributed by atoms with Gasteiger partial charge in [-0.2, -0.15) is 0 Å². The quantitative estimate of drug-likeness (QED) is 0.836. The van der Waals surface area contributed by atoms with Gasteiger partial charge >= 0.3 is 0 Å². The van der Waals surface area contributed by atoms with Crippen LogP contribution in [0.25, 0.3) is 0 Å². The number of para-hydroxylation sites is 1. The summed E-state index contributed by atoms with van der Waals surface area (Å²) >= 11 is 0. The molecule has 2 N–H and O–H groups in total. The SMILES string of the molecule is COCc1cccc(CNc2ccccc2CO)c1. The Morgan fingerprint density at radius 1 is 1.05 bits per heavy atom. The molecule has 2 aromatic carbocycles. The van der Waals surface area contributed by atoms with E-state index in [1.54, 1.807) is 7.11 Å². The van der Waals surface area contributed by atoms with E-state index in [9.17, 15) is 5.11 Å². The summed E-state index contributed by atoms with van der Waals surface area (Å²) in [6, 6.07) is 16.1. The summed E-state index contributed by atoms with van der Waals surface area (Å²) in [6.07, 6.45) is 0. The van der Waals surface area contributed by atoms with Crippen LogP contribution < -0.4 is 5.32 Å². The lowest BCUT2D eigenvalue weighted by atomic mass is 10.1. The predicted molar refractivity (Wildman–Crippen MR) is 76.8 cm³/mol. The highest BCUT2D eigenvalue weighted by Crippen LogP contribution is 2.16. The summed E-state index contributed by atoms with van der Waals surface area (Å²) in [5.74, 6) is 0. The number of hydrogen-bond donors (Lipinski definition) is 2. The van der Waals surface area contributed by atoms with Crippen molar-refractivity contribution in [3.63, 3.8) is 0 Å². The van der Waals surface area contributed by atoms with Crippen LogP contribution in [0.4, 0.5) is 5.69 Å². The Kier molecular flexibility index (Phi) is 4.95. The normalized spacial score (nSPS) is 10.4. The lowest BCUT2D eigenvalue weighted by molar-refractivity contribution is 0.185. The van der Waals surface area contributed by atoms with E-state index in [-0.39, 0.29) is 6.61 Å². The number of methoxy groups -OCH3 is 1. The molecule has 0 saturated heterocycles. The van der Waals surface area contributed by atoms with E-state index in [0.717, 1.165) is 23.4 Å². The Morgan fingerprint density at radius 2 is 1.84 bits per heavy atom. The fraction of sp³-hybridized carbons (Fsp3) is 0.250. The number of nitrogens with one attached hydrogen (secondary N) is 1. The first kappa shape index (κ1) is 13.6. The van der Waals surface area contributed by atoms with Gasteiger partial charge in [0.2, 0.25) is 0 Å². The van der Waals surface area contributed by atoms with Crippen molar-refractivity contribution in [3.8, 4) is 0 Å². The van der Waals surface area contributed by atoms with Crippen molar-refractivity contribution < 1.29 is 9.84 Å². The molecule has 0 aliphatic rings. The number of anilines is 1. The molecule has 0 heterocycles. The summed E-state index contributed by atoms with van der Waals surface area (Å²) in [4.78, 5) is 0. The minimum atomic E-state index is 0.0485. The van der Waals surface area contributed by atoms with Crippen molar-refractivity contribution in [2.75, 3.05) is 12.4 Å². The topological polar surface area (TPSA) is 41.5 Å². The molecule has 0 aliphatic carbocycles. The van der Waals surface area contributed by atoms with Gasteiger partial charge in [0.05, 0.1) is 13.2 Å². The van der Waals surface area contributed by atoms with E-state index in [1.807, 2.05) is 30.3 Å². The number of ether oxygens (including phenoxy) is 1. The highest BCUT2D eigenvalue weighted by molar-refractivity contribution is 5.51. The lowest BCUT2D eigenvalue weighted by Gasteiger charge is -2.11. The smallest absolute Gasteiger partial charge is 0.0713 e. The van der Waals surface area contributed by atoms with Gasteiger partial charge in [0.15, 0.2) is 0 Å². The molecule has 0 saturated carbocycles. The average molecular weight is 257 g/mol. The Hall–Kier alpha value is -1.84. The number of hydrogen-bond acceptors (Lipinski definition) is 3. The minimum Gasteiger partial charge on any atom is -0.392 e. The standard InChI is InChI=1S/C16H19NO2/c1-19-12-14-6-4-5-13(9-14)10-17-16-8-3-2-7-15(16)11-18/h2-9,17-18H,10-12H2,1H3.